The summed E-state index contributed by atoms with van der Waals surface area (Å²) < 4.78 is 8.45. The lowest BCUT2D eigenvalue weighted by Gasteiger charge is -2.34. The van der Waals surface area contributed by atoms with Gasteiger partial charge in [-0.1, -0.05) is 11.3 Å². The molecule has 1 saturated heterocycles. The predicted molar refractivity (Wildman–Crippen MR) is 67.3 cm³/mol. The molecule has 0 saturated carbocycles. The molecular formula is C10H17N3OS2. The maximum absolute atomic E-state index is 5.69. The Morgan fingerprint density at radius 1 is 1.44 bits per heavy atom. The molecule has 1 aromatic rings. The molecule has 2 atom stereocenters. The second-order valence-corrected chi connectivity index (χ2v) is 6.15. The lowest BCUT2D eigenvalue weighted by atomic mass is 10.2. The van der Waals surface area contributed by atoms with E-state index in [2.05, 4.69) is 23.8 Å². The summed E-state index contributed by atoms with van der Waals surface area (Å²) in [7, 11) is 0. The van der Waals surface area contributed by atoms with Crippen LogP contribution in [0.5, 0.6) is 0 Å². The van der Waals surface area contributed by atoms with Crippen molar-refractivity contribution in [1.82, 2.24) is 14.7 Å². The molecule has 0 unspecified atom stereocenters. The highest BCUT2D eigenvalue weighted by molar-refractivity contribution is 7.73. The Morgan fingerprint density at radius 2 is 2.06 bits per heavy atom. The summed E-state index contributed by atoms with van der Waals surface area (Å²) in [5, 5.41) is 5.43. The fourth-order valence-corrected chi connectivity index (χ4v) is 3.15. The quantitative estimate of drug-likeness (QED) is 0.761. The monoisotopic (exact) mass is 259 g/mol. The molecule has 4 nitrogen and oxygen atoms in total. The van der Waals surface area contributed by atoms with Gasteiger partial charge in [-0.15, -0.1) is 0 Å². The molecule has 1 fully saturated rings. The Kier molecular flexibility index (Phi) is 3.73. The Bertz CT molecular complexity index is 404. The van der Waals surface area contributed by atoms with Gasteiger partial charge in [0.1, 0.15) is 5.01 Å². The van der Waals surface area contributed by atoms with Crippen LogP contribution in [-0.2, 0) is 11.4 Å². The molecule has 16 heavy (non-hydrogen) atoms. The molecule has 90 valence electrons. The molecule has 0 bridgehead atoms. The number of aryl methyl sites for hydroxylation is 1. The number of nitrogens with zero attached hydrogens (tertiary/aromatic N) is 3. The van der Waals surface area contributed by atoms with Crippen LogP contribution in [0.3, 0.4) is 0 Å². The summed E-state index contributed by atoms with van der Waals surface area (Å²) in [5.41, 5.74) is 0. The Balaban J connectivity index is 2.04. The van der Waals surface area contributed by atoms with E-state index in [-0.39, 0.29) is 12.2 Å². The number of ether oxygens (including phenoxy) is 1. The van der Waals surface area contributed by atoms with Crippen molar-refractivity contribution < 1.29 is 4.74 Å². The number of aromatic nitrogens is 2. The van der Waals surface area contributed by atoms with Crippen LogP contribution in [0.4, 0.5) is 0 Å². The van der Waals surface area contributed by atoms with Crippen LogP contribution >= 0.6 is 23.6 Å². The Labute approximate surface area is 105 Å². The van der Waals surface area contributed by atoms with Crippen molar-refractivity contribution in [2.75, 3.05) is 13.1 Å². The first-order valence-electron chi connectivity index (χ1n) is 5.47. The minimum atomic E-state index is 0.289. The van der Waals surface area contributed by atoms with Gasteiger partial charge in [-0.2, -0.15) is 5.10 Å². The highest BCUT2D eigenvalue weighted by Gasteiger charge is 2.22. The Hall–Kier alpha value is -0.300. The lowest BCUT2D eigenvalue weighted by Crippen LogP contribution is -2.46. The summed E-state index contributed by atoms with van der Waals surface area (Å²) in [6, 6.07) is 0. The number of hydrogen-bond acceptors (Lipinski definition) is 5. The fourth-order valence-electron chi connectivity index (χ4n) is 2.09. The second-order valence-electron chi connectivity index (χ2n) is 4.32. The second kappa shape index (κ2) is 4.91. The van der Waals surface area contributed by atoms with Crippen LogP contribution < -0.4 is 0 Å². The average Bonchev–Trinajstić information content (AvgIpc) is 2.43. The van der Waals surface area contributed by atoms with Gasteiger partial charge in [0, 0.05) is 13.1 Å². The number of morpholine rings is 1. The molecule has 2 heterocycles. The third kappa shape index (κ3) is 2.88. The number of hydrogen-bond donors (Lipinski definition) is 0. The average molecular weight is 259 g/mol. The fraction of sp³-hybridized carbons (Fsp3) is 0.800. The predicted octanol–water partition coefficient (Wildman–Crippen LogP) is 2.05. The van der Waals surface area contributed by atoms with Crippen LogP contribution in [0.25, 0.3) is 0 Å². The van der Waals surface area contributed by atoms with Gasteiger partial charge in [0.15, 0.2) is 3.95 Å². The van der Waals surface area contributed by atoms with Gasteiger partial charge in [-0.05, 0) is 33.0 Å². The minimum Gasteiger partial charge on any atom is -0.373 e. The van der Waals surface area contributed by atoms with Crippen LogP contribution in [0, 0.1) is 10.9 Å². The smallest absolute Gasteiger partial charge is 0.180 e. The van der Waals surface area contributed by atoms with Gasteiger partial charge in [0.2, 0.25) is 0 Å². The Morgan fingerprint density at radius 3 is 2.56 bits per heavy atom. The lowest BCUT2D eigenvalue weighted by molar-refractivity contribution is -0.0776. The van der Waals surface area contributed by atoms with Gasteiger partial charge in [-0.3, -0.25) is 4.90 Å². The third-order valence-corrected chi connectivity index (χ3v) is 3.76. The molecule has 0 N–H and O–H groups in total. The van der Waals surface area contributed by atoms with Crippen molar-refractivity contribution in [2.24, 2.45) is 0 Å². The van der Waals surface area contributed by atoms with Crippen molar-refractivity contribution in [3.8, 4) is 0 Å². The normalized spacial score (nSPS) is 27.2. The maximum atomic E-state index is 5.69. The van der Waals surface area contributed by atoms with E-state index in [4.69, 9.17) is 17.0 Å². The van der Waals surface area contributed by atoms with E-state index in [0.717, 1.165) is 28.7 Å². The summed E-state index contributed by atoms with van der Waals surface area (Å²) >= 11 is 6.83. The molecule has 0 amide bonds. The largest absolute Gasteiger partial charge is 0.373 e. The van der Waals surface area contributed by atoms with Crippen LogP contribution in [0.15, 0.2) is 0 Å². The van der Waals surface area contributed by atoms with E-state index in [9.17, 15) is 0 Å². The van der Waals surface area contributed by atoms with E-state index in [1.54, 1.807) is 11.3 Å². The van der Waals surface area contributed by atoms with Gasteiger partial charge in [-0.25, -0.2) is 4.68 Å². The first-order valence-corrected chi connectivity index (χ1v) is 6.69. The molecule has 1 aromatic heterocycles. The summed E-state index contributed by atoms with van der Waals surface area (Å²) in [5.74, 6) is 0. The van der Waals surface area contributed by atoms with Gasteiger partial charge >= 0.3 is 0 Å². The summed E-state index contributed by atoms with van der Waals surface area (Å²) in [4.78, 5) is 2.34. The van der Waals surface area contributed by atoms with Crippen molar-refractivity contribution in [2.45, 2.75) is 39.6 Å². The molecule has 0 aromatic carbocycles. The molecule has 0 radical (unpaired) electrons. The van der Waals surface area contributed by atoms with Gasteiger partial charge < -0.3 is 4.74 Å². The maximum Gasteiger partial charge on any atom is 0.180 e. The molecule has 1 aliphatic heterocycles. The minimum absolute atomic E-state index is 0.289. The van der Waals surface area contributed by atoms with Crippen LogP contribution in [0.1, 0.15) is 18.9 Å². The first kappa shape index (κ1) is 12.2. The van der Waals surface area contributed by atoms with E-state index >= 15 is 0 Å². The summed E-state index contributed by atoms with van der Waals surface area (Å²) in [6.45, 7) is 8.87. The molecule has 2 rings (SSSR count). The van der Waals surface area contributed by atoms with Crippen LogP contribution in [0.2, 0.25) is 0 Å². The van der Waals surface area contributed by atoms with Crippen molar-refractivity contribution in [3.63, 3.8) is 0 Å². The first-order chi connectivity index (χ1) is 7.54. The SMILES string of the molecule is Cc1nn(CN2C[C@@H](C)O[C@@H](C)C2)c(=S)s1. The molecule has 0 aliphatic carbocycles. The standard InChI is InChI=1S/C10H17N3OS2/c1-7-4-12(5-8(2)14-7)6-13-10(15)16-9(3)11-13/h7-8H,4-6H2,1-3H3/t7-,8+. The zero-order valence-corrected chi connectivity index (χ0v) is 11.5. The van der Waals surface area contributed by atoms with E-state index < -0.39 is 0 Å². The van der Waals surface area contributed by atoms with Gasteiger partial charge in [0.05, 0.1) is 18.9 Å². The zero-order valence-electron chi connectivity index (χ0n) is 9.84. The van der Waals surface area contributed by atoms with E-state index in [1.165, 1.54) is 0 Å². The topological polar surface area (TPSA) is 30.3 Å². The summed E-state index contributed by atoms with van der Waals surface area (Å²) in [6.07, 6.45) is 0.579. The molecule has 0 spiro atoms. The van der Waals surface area contributed by atoms with E-state index in [0.29, 0.717) is 0 Å². The van der Waals surface area contributed by atoms with Gasteiger partial charge in [0.25, 0.3) is 0 Å². The third-order valence-electron chi connectivity index (χ3n) is 2.54. The van der Waals surface area contributed by atoms with Crippen LogP contribution in [-0.4, -0.2) is 40.0 Å². The highest BCUT2D eigenvalue weighted by Crippen LogP contribution is 2.13. The molecule has 6 heteroatoms. The zero-order chi connectivity index (χ0) is 11.7. The van der Waals surface area contributed by atoms with Crippen molar-refractivity contribution >= 4 is 23.6 Å². The number of rotatable bonds is 2. The molecular weight excluding hydrogens is 242 g/mol. The van der Waals surface area contributed by atoms with E-state index in [1.807, 2.05) is 11.6 Å². The highest BCUT2D eigenvalue weighted by atomic mass is 32.1. The molecule has 1 aliphatic rings. The van der Waals surface area contributed by atoms with Crippen molar-refractivity contribution in [1.29, 1.82) is 0 Å². The van der Waals surface area contributed by atoms with Crippen molar-refractivity contribution in [3.05, 3.63) is 8.96 Å².